The first-order chi connectivity index (χ1) is 8.90. The fourth-order valence-electron chi connectivity index (χ4n) is 1.47. The molecule has 0 aliphatic rings. The molecule has 100 valence electrons. The summed E-state index contributed by atoms with van der Waals surface area (Å²) >= 11 is 4.87. The van der Waals surface area contributed by atoms with Gasteiger partial charge in [-0.25, -0.2) is 8.42 Å². The Hall–Kier alpha value is -1.93. The van der Waals surface area contributed by atoms with Gasteiger partial charge in [-0.05, 0) is 18.6 Å². The Morgan fingerprint density at radius 3 is 2.79 bits per heavy atom. The number of nitrogens with one attached hydrogen (secondary N) is 2. The van der Waals surface area contributed by atoms with Crippen LogP contribution in [0.15, 0.2) is 35.5 Å². The first-order valence-corrected chi connectivity index (χ1v) is 7.21. The van der Waals surface area contributed by atoms with Crippen molar-refractivity contribution < 1.29 is 8.42 Å². The van der Waals surface area contributed by atoms with Crippen LogP contribution in [0.5, 0.6) is 0 Å². The van der Waals surface area contributed by atoms with Crippen molar-refractivity contribution >= 4 is 32.9 Å². The van der Waals surface area contributed by atoms with Crippen LogP contribution in [-0.2, 0) is 10.0 Å². The summed E-state index contributed by atoms with van der Waals surface area (Å²) in [4.78, 5) is 0.274. The van der Waals surface area contributed by atoms with Gasteiger partial charge < -0.3 is 5.73 Å². The molecular formula is C11H12N4O2S2. The van der Waals surface area contributed by atoms with Crippen molar-refractivity contribution in [2.24, 2.45) is 5.73 Å². The number of aromatic amines is 1. The summed E-state index contributed by atoms with van der Waals surface area (Å²) < 4.78 is 26.6. The molecule has 1 aromatic heterocycles. The third-order valence-corrected chi connectivity index (χ3v) is 4.12. The van der Waals surface area contributed by atoms with Gasteiger partial charge in [0.15, 0.2) is 0 Å². The monoisotopic (exact) mass is 296 g/mol. The van der Waals surface area contributed by atoms with Gasteiger partial charge in [0.05, 0.1) is 11.9 Å². The Labute approximate surface area is 116 Å². The van der Waals surface area contributed by atoms with E-state index in [1.165, 1.54) is 12.4 Å². The highest BCUT2D eigenvalue weighted by atomic mass is 32.2. The fraction of sp³-hybridized carbons (Fsp3) is 0.0909. The maximum Gasteiger partial charge on any atom is 0.265 e. The molecule has 0 saturated heterocycles. The highest BCUT2D eigenvalue weighted by Gasteiger charge is 2.16. The van der Waals surface area contributed by atoms with E-state index in [-0.39, 0.29) is 9.88 Å². The topological polar surface area (TPSA) is 101 Å². The minimum absolute atomic E-state index is 0.0626. The van der Waals surface area contributed by atoms with Crippen molar-refractivity contribution in [2.45, 2.75) is 11.8 Å². The van der Waals surface area contributed by atoms with E-state index in [4.69, 9.17) is 18.0 Å². The zero-order chi connectivity index (χ0) is 14.0. The van der Waals surface area contributed by atoms with Gasteiger partial charge in [-0.15, -0.1) is 0 Å². The quantitative estimate of drug-likeness (QED) is 0.735. The van der Waals surface area contributed by atoms with Crippen molar-refractivity contribution in [3.05, 3.63) is 41.7 Å². The van der Waals surface area contributed by atoms with E-state index in [1.807, 2.05) is 0 Å². The van der Waals surface area contributed by atoms with E-state index in [0.29, 0.717) is 11.3 Å². The molecule has 0 fully saturated rings. The summed E-state index contributed by atoms with van der Waals surface area (Å²) in [7, 11) is -3.66. The number of hydrogen-bond donors (Lipinski definition) is 3. The lowest BCUT2D eigenvalue weighted by Gasteiger charge is -2.10. The largest absolute Gasteiger partial charge is 0.389 e. The van der Waals surface area contributed by atoms with E-state index in [0.717, 1.165) is 5.56 Å². The third-order valence-electron chi connectivity index (χ3n) is 2.55. The van der Waals surface area contributed by atoms with E-state index in [9.17, 15) is 8.42 Å². The summed E-state index contributed by atoms with van der Waals surface area (Å²) in [6.07, 6.45) is 2.53. The van der Waals surface area contributed by atoms with Gasteiger partial charge in [0.25, 0.3) is 10.0 Å². The van der Waals surface area contributed by atoms with Crippen LogP contribution in [0, 0.1) is 6.92 Å². The van der Waals surface area contributed by atoms with Crippen LogP contribution in [0.4, 0.5) is 5.69 Å². The van der Waals surface area contributed by atoms with Crippen LogP contribution in [-0.4, -0.2) is 23.6 Å². The zero-order valence-corrected chi connectivity index (χ0v) is 11.7. The molecule has 8 heteroatoms. The van der Waals surface area contributed by atoms with Gasteiger partial charge in [0, 0.05) is 11.8 Å². The van der Waals surface area contributed by atoms with Crippen LogP contribution in [0.2, 0.25) is 0 Å². The average molecular weight is 296 g/mol. The number of H-pyrrole nitrogens is 1. The molecule has 0 radical (unpaired) electrons. The van der Waals surface area contributed by atoms with E-state index in [2.05, 4.69) is 14.9 Å². The molecule has 0 unspecified atom stereocenters. The lowest BCUT2D eigenvalue weighted by Crippen LogP contribution is -2.15. The first-order valence-electron chi connectivity index (χ1n) is 5.32. The molecule has 0 atom stereocenters. The molecule has 0 saturated carbocycles. The summed E-state index contributed by atoms with van der Waals surface area (Å²) in [5.41, 5.74) is 7.34. The predicted molar refractivity (Wildman–Crippen MR) is 76.5 cm³/mol. The highest BCUT2D eigenvalue weighted by molar-refractivity contribution is 7.92. The second kappa shape index (κ2) is 4.98. The number of nitrogens with zero attached hydrogens (tertiary/aromatic N) is 1. The summed E-state index contributed by atoms with van der Waals surface area (Å²) in [6.45, 7) is 1.79. The maximum atomic E-state index is 12.1. The Bertz CT molecular complexity index is 708. The van der Waals surface area contributed by atoms with Gasteiger partial charge in [-0.3, -0.25) is 9.82 Å². The van der Waals surface area contributed by atoms with Crippen molar-refractivity contribution in [2.75, 3.05) is 4.72 Å². The van der Waals surface area contributed by atoms with Crippen LogP contribution >= 0.6 is 12.2 Å². The van der Waals surface area contributed by atoms with E-state index in [1.54, 1.807) is 25.1 Å². The number of hydrogen-bond acceptors (Lipinski definition) is 4. The standard InChI is InChI=1S/C11H12N4O2S2/c1-7-2-3-8(11(12)18)4-10(7)15-19(16,17)9-5-13-14-6-9/h2-6,15H,1H3,(H2,12,18)(H,13,14). The Balaban J connectivity index is 2.39. The number of aryl methyl sites for hydroxylation is 1. The summed E-state index contributed by atoms with van der Waals surface area (Å²) in [5.74, 6) is 0. The number of sulfonamides is 1. The first kappa shape index (κ1) is 13.5. The molecule has 0 spiro atoms. The SMILES string of the molecule is Cc1ccc(C(N)=S)cc1NS(=O)(=O)c1cn[nH]c1. The molecule has 6 nitrogen and oxygen atoms in total. The van der Waals surface area contributed by atoms with Crippen LogP contribution < -0.4 is 10.5 Å². The fourth-order valence-corrected chi connectivity index (χ4v) is 2.63. The Morgan fingerprint density at radius 1 is 1.47 bits per heavy atom. The van der Waals surface area contributed by atoms with Crippen LogP contribution in [0.25, 0.3) is 0 Å². The smallest absolute Gasteiger partial charge is 0.265 e. The van der Waals surface area contributed by atoms with Crippen molar-refractivity contribution in [3.8, 4) is 0 Å². The molecule has 0 bridgehead atoms. The van der Waals surface area contributed by atoms with E-state index < -0.39 is 10.0 Å². The van der Waals surface area contributed by atoms with Crippen molar-refractivity contribution in [1.29, 1.82) is 0 Å². The lowest BCUT2D eigenvalue weighted by molar-refractivity contribution is 0.601. The molecule has 0 amide bonds. The van der Waals surface area contributed by atoms with Gasteiger partial charge >= 0.3 is 0 Å². The lowest BCUT2D eigenvalue weighted by atomic mass is 10.1. The van der Waals surface area contributed by atoms with Crippen LogP contribution in [0.3, 0.4) is 0 Å². The molecule has 19 heavy (non-hydrogen) atoms. The minimum atomic E-state index is -3.66. The Kier molecular flexibility index (Phi) is 3.54. The third kappa shape index (κ3) is 2.91. The number of anilines is 1. The number of benzene rings is 1. The van der Waals surface area contributed by atoms with Gasteiger partial charge in [-0.2, -0.15) is 5.10 Å². The normalized spacial score (nSPS) is 11.2. The zero-order valence-electron chi connectivity index (χ0n) is 10.0. The molecule has 0 aliphatic heterocycles. The second-order valence-corrected chi connectivity index (χ2v) is 6.06. The molecule has 4 N–H and O–H groups in total. The molecule has 0 aliphatic carbocycles. The van der Waals surface area contributed by atoms with Crippen molar-refractivity contribution in [1.82, 2.24) is 10.2 Å². The van der Waals surface area contributed by atoms with Gasteiger partial charge in [-0.1, -0.05) is 24.4 Å². The average Bonchev–Trinajstić information content (AvgIpc) is 2.85. The van der Waals surface area contributed by atoms with Gasteiger partial charge in [0.1, 0.15) is 9.88 Å². The highest BCUT2D eigenvalue weighted by Crippen LogP contribution is 2.20. The molecule has 2 rings (SSSR count). The second-order valence-electron chi connectivity index (χ2n) is 3.93. The molecule has 2 aromatic rings. The number of rotatable bonds is 4. The summed E-state index contributed by atoms with van der Waals surface area (Å²) in [5, 5.41) is 6.07. The predicted octanol–water partition coefficient (Wildman–Crippen LogP) is 1.15. The van der Waals surface area contributed by atoms with E-state index >= 15 is 0 Å². The molecular weight excluding hydrogens is 284 g/mol. The Morgan fingerprint density at radius 2 is 2.21 bits per heavy atom. The van der Waals surface area contributed by atoms with Gasteiger partial charge in [0.2, 0.25) is 0 Å². The summed E-state index contributed by atoms with van der Waals surface area (Å²) in [6, 6.07) is 5.10. The minimum Gasteiger partial charge on any atom is -0.389 e. The number of aromatic nitrogens is 2. The molecule has 1 heterocycles. The maximum absolute atomic E-state index is 12.1. The number of thiocarbonyl (C=S) groups is 1. The van der Waals surface area contributed by atoms with Crippen molar-refractivity contribution in [3.63, 3.8) is 0 Å². The number of nitrogens with two attached hydrogens (primary N) is 1. The molecule has 1 aromatic carbocycles. The van der Waals surface area contributed by atoms with Crippen LogP contribution in [0.1, 0.15) is 11.1 Å².